The number of aromatic amines is 1. The number of aromatic nitrogens is 1. The summed E-state index contributed by atoms with van der Waals surface area (Å²) in [7, 11) is 0. The number of H-pyrrole nitrogens is 1. The largest absolute Gasteiger partial charge is 0.390 e. The van der Waals surface area contributed by atoms with Crippen molar-refractivity contribution in [1.82, 2.24) is 9.88 Å². The van der Waals surface area contributed by atoms with Crippen LogP contribution in [-0.2, 0) is 0 Å². The maximum Gasteiger partial charge on any atom is 0.108 e. The smallest absolute Gasteiger partial charge is 0.108 e. The second kappa shape index (κ2) is 6.36. The minimum atomic E-state index is -0.499. The number of rotatable bonds is 4. The summed E-state index contributed by atoms with van der Waals surface area (Å²) in [6, 6.07) is 4.36. The van der Waals surface area contributed by atoms with Crippen molar-refractivity contribution in [2.75, 3.05) is 0 Å². The van der Waals surface area contributed by atoms with E-state index in [4.69, 9.17) is 23.2 Å². The van der Waals surface area contributed by atoms with E-state index in [-0.39, 0.29) is 5.92 Å². The number of aliphatic hydroxyl groups is 2. The lowest BCUT2D eigenvalue weighted by Crippen LogP contribution is -2.66. The van der Waals surface area contributed by atoms with Gasteiger partial charge in [-0.1, -0.05) is 30.1 Å². The lowest BCUT2D eigenvalue weighted by molar-refractivity contribution is -0.199. The van der Waals surface area contributed by atoms with Crippen molar-refractivity contribution in [3.8, 4) is 0 Å². The molecule has 2 saturated carbocycles. The first-order valence-electron chi connectivity index (χ1n) is 9.97. The third kappa shape index (κ3) is 2.92. The van der Waals surface area contributed by atoms with Gasteiger partial charge in [0.25, 0.3) is 0 Å². The van der Waals surface area contributed by atoms with E-state index in [1.54, 1.807) is 6.07 Å². The Hall–Kier alpha value is -0.780. The molecule has 4 fully saturated rings. The van der Waals surface area contributed by atoms with Crippen molar-refractivity contribution in [3.63, 3.8) is 0 Å². The van der Waals surface area contributed by atoms with Crippen LogP contribution in [0.25, 0.3) is 10.9 Å². The van der Waals surface area contributed by atoms with Gasteiger partial charge in [-0.15, -0.1) is 0 Å². The van der Waals surface area contributed by atoms with E-state index in [9.17, 15) is 10.2 Å². The molecule has 0 amide bonds. The predicted molar refractivity (Wildman–Crippen MR) is 108 cm³/mol. The molecular weight excluding hydrogens is 383 g/mol. The third-order valence-corrected chi connectivity index (χ3v) is 7.96. The lowest BCUT2D eigenvalue weighted by Gasteiger charge is -2.61. The van der Waals surface area contributed by atoms with Gasteiger partial charge in [-0.2, -0.15) is 0 Å². The van der Waals surface area contributed by atoms with Gasteiger partial charge in [0.2, 0.25) is 0 Å². The third-order valence-electron chi connectivity index (χ3n) is 7.16. The highest BCUT2D eigenvalue weighted by molar-refractivity contribution is 6.45. The molecule has 6 rings (SSSR count). The zero-order valence-electron chi connectivity index (χ0n) is 15.5. The van der Waals surface area contributed by atoms with E-state index in [1.807, 2.05) is 12.3 Å². The number of fused-ring (bicyclic) bond motifs is 1. The van der Waals surface area contributed by atoms with Gasteiger partial charge < -0.3 is 15.2 Å². The highest BCUT2D eigenvalue weighted by Crippen LogP contribution is 2.52. The van der Waals surface area contributed by atoms with Crippen LogP contribution < -0.4 is 0 Å². The van der Waals surface area contributed by atoms with Crippen molar-refractivity contribution in [2.45, 2.75) is 75.3 Å². The first kappa shape index (κ1) is 18.3. The van der Waals surface area contributed by atoms with Crippen LogP contribution in [0.3, 0.4) is 0 Å². The summed E-state index contributed by atoms with van der Waals surface area (Å²) in [5.41, 5.74) is 1.58. The molecule has 2 aliphatic heterocycles. The Kier molecular flexibility index (Phi) is 4.30. The van der Waals surface area contributed by atoms with Crippen molar-refractivity contribution >= 4 is 34.1 Å². The molecule has 0 radical (unpaired) electrons. The van der Waals surface area contributed by atoms with Gasteiger partial charge in [-0.05, 0) is 68.1 Å². The maximum atomic E-state index is 11.1. The Morgan fingerprint density at radius 2 is 1.93 bits per heavy atom. The number of nitrogens with one attached hydrogen (secondary N) is 1. The van der Waals surface area contributed by atoms with Crippen LogP contribution in [0.15, 0.2) is 18.3 Å². The molecule has 0 spiro atoms. The molecule has 4 atom stereocenters. The number of hydrogen-bond donors (Lipinski definition) is 3. The predicted octanol–water partition coefficient (Wildman–Crippen LogP) is 4.66. The van der Waals surface area contributed by atoms with E-state index in [1.165, 1.54) is 0 Å². The highest BCUT2D eigenvalue weighted by atomic mass is 35.5. The molecule has 1 aromatic heterocycles. The molecule has 3 heterocycles. The topological polar surface area (TPSA) is 59.5 Å². The van der Waals surface area contributed by atoms with E-state index in [2.05, 4.69) is 16.8 Å². The van der Waals surface area contributed by atoms with Crippen LogP contribution in [-0.4, -0.2) is 44.0 Å². The van der Waals surface area contributed by atoms with Gasteiger partial charge in [0.05, 0.1) is 15.6 Å². The van der Waals surface area contributed by atoms with Crippen LogP contribution in [0.4, 0.5) is 0 Å². The molecule has 1 aromatic carbocycles. The molecule has 146 valence electrons. The number of piperidine rings is 2. The van der Waals surface area contributed by atoms with Gasteiger partial charge >= 0.3 is 0 Å². The fourth-order valence-corrected chi connectivity index (χ4v) is 6.67. The highest BCUT2D eigenvalue weighted by Gasteiger charge is 2.55. The fraction of sp³-hybridized carbons (Fsp3) is 0.619. The fourth-order valence-electron chi connectivity index (χ4n) is 6.24. The molecule has 27 heavy (non-hydrogen) atoms. The normalized spacial score (nSPS) is 35.1. The Balaban J connectivity index is 1.37. The first-order chi connectivity index (χ1) is 12.8. The number of halogens is 2. The van der Waals surface area contributed by atoms with Crippen LogP contribution in [0, 0.1) is 5.92 Å². The summed E-state index contributed by atoms with van der Waals surface area (Å²) in [5.74, 6) is 0.771. The lowest BCUT2D eigenvalue weighted by atomic mass is 9.61. The maximum absolute atomic E-state index is 11.1. The van der Waals surface area contributed by atoms with E-state index in [0.717, 1.165) is 48.6 Å². The average Bonchev–Trinajstić information content (AvgIpc) is 3.01. The quantitative estimate of drug-likeness (QED) is 0.688. The van der Waals surface area contributed by atoms with Crippen molar-refractivity contribution in [2.24, 2.45) is 5.92 Å². The molecule has 4 unspecified atom stereocenters. The van der Waals surface area contributed by atoms with Gasteiger partial charge in [-0.3, -0.25) is 4.90 Å². The van der Waals surface area contributed by atoms with E-state index < -0.39 is 11.8 Å². The number of benzene rings is 1. The molecule has 6 heteroatoms. The van der Waals surface area contributed by atoms with E-state index >= 15 is 0 Å². The summed E-state index contributed by atoms with van der Waals surface area (Å²) in [6.45, 7) is 2.13. The Labute approximate surface area is 169 Å². The molecule has 4 aliphatic rings. The molecule has 3 N–H and O–H groups in total. The number of hydrogen-bond acceptors (Lipinski definition) is 3. The Morgan fingerprint density at radius 3 is 2.59 bits per heavy atom. The molecule has 2 aliphatic carbocycles. The van der Waals surface area contributed by atoms with Gasteiger partial charge in [0.1, 0.15) is 6.23 Å². The summed E-state index contributed by atoms with van der Waals surface area (Å²) in [6.07, 6.45) is 6.92. The zero-order valence-corrected chi connectivity index (χ0v) is 17.0. The molecular formula is C21H26Cl2N2O2. The first-order valence-corrected chi connectivity index (χ1v) is 10.7. The number of aliphatic hydroxyl groups excluding tert-OH is 1. The van der Waals surface area contributed by atoms with Crippen LogP contribution in [0.2, 0.25) is 10.0 Å². The van der Waals surface area contributed by atoms with Crippen molar-refractivity contribution in [3.05, 3.63) is 33.9 Å². The summed E-state index contributed by atoms with van der Waals surface area (Å²) in [5, 5.41) is 24.0. The summed E-state index contributed by atoms with van der Waals surface area (Å²) < 4.78 is 0. The Morgan fingerprint density at radius 1 is 1.22 bits per heavy atom. The number of nitrogens with zero attached hydrogens (tertiary/aromatic N) is 1. The standard InChI is InChI=1S/C21H26Cl2N2O2/c1-11(15-10-24-17-3-2-16(22)20(23)19(15)17)4-18(26)25-13-5-12-6-14(25)9-21(27,7-12)8-13/h2-3,10-14,18,24,26-27H,4-9H2,1H3. The Bertz CT molecular complexity index is 866. The summed E-state index contributed by atoms with van der Waals surface area (Å²) in [4.78, 5) is 5.57. The monoisotopic (exact) mass is 408 g/mol. The molecule has 4 bridgehead atoms. The van der Waals surface area contributed by atoms with E-state index in [0.29, 0.717) is 34.5 Å². The van der Waals surface area contributed by atoms with Gasteiger partial charge in [0, 0.05) is 29.2 Å². The SMILES string of the molecule is CC(CC(O)N1C2CC3CC1CC(O)(C3)C2)c1c[nH]c2ccc(Cl)c(Cl)c12. The van der Waals surface area contributed by atoms with Crippen molar-refractivity contribution in [1.29, 1.82) is 0 Å². The van der Waals surface area contributed by atoms with Crippen LogP contribution in [0.5, 0.6) is 0 Å². The molecule has 4 nitrogen and oxygen atoms in total. The average molecular weight is 409 g/mol. The minimum Gasteiger partial charge on any atom is -0.390 e. The van der Waals surface area contributed by atoms with Crippen LogP contribution in [0.1, 0.15) is 56.9 Å². The minimum absolute atomic E-state index is 0.144. The zero-order chi connectivity index (χ0) is 18.9. The summed E-state index contributed by atoms with van der Waals surface area (Å²) >= 11 is 12.7. The van der Waals surface area contributed by atoms with Gasteiger partial charge in [-0.25, -0.2) is 0 Å². The molecule has 2 aromatic rings. The van der Waals surface area contributed by atoms with Crippen LogP contribution >= 0.6 is 23.2 Å². The van der Waals surface area contributed by atoms with Crippen molar-refractivity contribution < 1.29 is 10.2 Å². The second-order valence-corrected chi connectivity index (χ2v) is 9.86. The second-order valence-electron chi connectivity index (χ2n) is 9.07. The van der Waals surface area contributed by atoms with Gasteiger partial charge in [0.15, 0.2) is 0 Å². The molecule has 2 saturated heterocycles.